The Morgan fingerprint density at radius 1 is 1.23 bits per heavy atom. The molecule has 2 aliphatic carbocycles. The number of carbonyl (C=O) groups is 2. The smallest absolute Gasteiger partial charge is 0.201 e. The van der Waals surface area contributed by atoms with E-state index >= 15 is 0 Å². The molecule has 0 amide bonds. The highest BCUT2D eigenvalue weighted by Gasteiger charge is 2.42. The van der Waals surface area contributed by atoms with E-state index in [4.69, 9.17) is 9.15 Å². The number of carbonyl (C=O) groups excluding carboxylic acids is 2. The van der Waals surface area contributed by atoms with Crippen molar-refractivity contribution < 1.29 is 18.7 Å². The maximum absolute atomic E-state index is 13.5. The van der Waals surface area contributed by atoms with Crippen LogP contribution in [0, 0.1) is 0 Å². The second-order valence-corrected chi connectivity index (χ2v) is 7.96. The fourth-order valence-corrected chi connectivity index (χ4v) is 4.38. The zero-order valence-electron chi connectivity index (χ0n) is 17.6. The van der Waals surface area contributed by atoms with Gasteiger partial charge in [-0.2, -0.15) is 0 Å². The summed E-state index contributed by atoms with van der Waals surface area (Å²) in [6.07, 6.45) is 5.00. The monoisotopic (exact) mass is 404 g/mol. The van der Waals surface area contributed by atoms with Crippen LogP contribution in [0.3, 0.4) is 0 Å². The molecule has 0 N–H and O–H groups in total. The predicted molar refractivity (Wildman–Crippen MR) is 114 cm³/mol. The Hall–Kier alpha value is -3.21. The summed E-state index contributed by atoms with van der Waals surface area (Å²) in [6, 6.07) is 6.54. The molecule has 5 heteroatoms. The lowest BCUT2D eigenvalue weighted by Crippen LogP contribution is -2.29. The van der Waals surface area contributed by atoms with E-state index in [0.29, 0.717) is 41.1 Å². The molecule has 5 nitrogen and oxygen atoms in total. The van der Waals surface area contributed by atoms with Crippen molar-refractivity contribution in [3.63, 3.8) is 0 Å². The van der Waals surface area contributed by atoms with Gasteiger partial charge in [-0.15, -0.1) is 0 Å². The quantitative estimate of drug-likeness (QED) is 0.666. The Balaban J connectivity index is 1.96. The second-order valence-electron chi connectivity index (χ2n) is 7.96. The molecule has 2 aliphatic rings. The Morgan fingerprint density at radius 2 is 2.00 bits per heavy atom. The summed E-state index contributed by atoms with van der Waals surface area (Å²) in [5.74, 6) is 0.336. The molecule has 0 saturated heterocycles. The molecule has 30 heavy (non-hydrogen) atoms. The van der Waals surface area contributed by atoms with Crippen molar-refractivity contribution in [2.45, 2.75) is 45.4 Å². The molecule has 0 aliphatic heterocycles. The summed E-state index contributed by atoms with van der Waals surface area (Å²) in [7, 11) is 1.47. The third-order valence-electron chi connectivity index (χ3n) is 5.97. The van der Waals surface area contributed by atoms with Crippen molar-refractivity contribution in [1.29, 1.82) is 0 Å². The first kappa shape index (κ1) is 20.1. The molecule has 0 saturated carbocycles. The van der Waals surface area contributed by atoms with Gasteiger partial charge < -0.3 is 9.15 Å². The Morgan fingerprint density at radius 3 is 2.70 bits per heavy atom. The first-order chi connectivity index (χ1) is 14.4. The predicted octanol–water partition coefficient (Wildman–Crippen LogP) is 5.06. The van der Waals surface area contributed by atoms with Gasteiger partial charge in [0.1, 0.15) is 17.3 Å². The summed E-state index contributed by atoms with van der Waals surface area (Å²) in [4.78, 5) is 39.8. The average molecular weight is 404 g/mol. The molecule has 154 valence electrons. The van der Waals surface area contributed by atoms with Crippen LogP contribution in [0.2, 0.25) is 0 Å². The second kappa shape index (κ2) is 7.56. The minimum atomic E-state index is -0.327. The Kier molecular flexibility index (Phi) is 5.06. The lowest BCUT2D eigenvalue weighted by molar-refractivity contribution is 0.0982. The average Bonchev–Trinajstić information content (AvgIpc) is 2.74. The van der Waals surface area contributed by atoms with E-state index in [2.05, 4.69) is 0 Å². The number of fused-ring (bicyclic) bond motifs is 3. The topological polar surface area (TPSA) is 73.6 Å². The zero-order chi connectivity index (χ0) is 21.6. The number of methoxy groups -OCH3 is 1. The molecular formula is C25H24O5. The summed E-state index contributed by atoms with van der Waals surface area (Å²) < 4.78 is 11.5. The minimum Gasteiger partial charge on any atom is -0.496 e. The van der Waals surface area contributed by atoms with Crippen molar-refractivity contribution in [2.75, 3.05) is 7.11 Å². The molecule has 4 rings (SSSR count). The van der Waals surface area contributed by atoms with Gasteiger partial charge in [0.05, 0.1) is 18.2 Å². The van der Waals surface area contributed by atoms with Crippen LogP contribution in [0.1, 0.15) is 83.2 Å². The summed E-state index contributed by atoms with van der Waals surface area (Å²) >= 11 is 0. The van der Waals surface area contributed by atoms with Crippen LogP contribution in [0.15, 0.2) is 51.2 Å². The summed E-state index contributed by atoms with van der Waals surface area (Å²) in [5, 5.41) is 0. The molecular weight excluding hydrogens is 380 g/mol. The van der Waals surface area contributed by atoms with Crippen molar-refractivity contribution in [3.8, 4) is 5.75 Å². The zero-order valence-corrected chi connectivity index (χ0v) is 17.6. The van der Waals surface area contributed by atoms with E-state index in [1.807, 2.05) is 32.9 Å². The SMILES string of the molecule is C/C=C\C[C@@H](C)c1cc(=O)c2c(o1)C1=C(CC2C)C(=O)c2cccc(OC)c2C1=O. The number of ketones is 2. The van der Waals surface area contributed by atoms with Crippen LogP contribution < -0.4 is 10.2 Å². The van der Waals surface area contributed by atoms with Crippen molar-refractivity contribution in [2.24, 2.45) is 0 Å². The van der Waals surface area contributed by atoms with Crippen molar-refractivity contribution in [1.82, 2.24) is 0 Å². The van der Waals surface area contributed by atoms with Crippen LogP contribution in [0.25, 0.3) is 5.57 Å². The van der Waals surface area contributed by atoms with E-state index in [1.54, 1.807) is 18.2 Å². The van der Waals surface area contributed by atoms with E-state index in [1.165, 1.54) is 13.2 Å². The molecule has 1 unspecified atom stereocenters. The van der Waals surface area contributed by atoms with E-state index in [0.717, 1.165) is 0 Å². The number of benzene rings is 1. The van der Waals surface area contributed by atoms with E-state index < -0.39 is 0 Å². The first-order valence-corrected chi connectivity index (χ1v) is 10.2. The highest BCUT2D eigenvalue weighted by molar-refractivity contribution is 6.41. The van der Waals surface area contributed by atoms with Crippen LogP contribution in [0.5, 0.6) is 5.75 Å². The highest BCUT2D eigenvalue weighted by atomic mass is 16.5. The van der Waals surface area contributed by atoms with Gasteiger partial charge in [0.25, 0.3) is 0 Å². The lowest BCUT2D eigenvalue weighted by atomic mass is 9.73. The fourth-order valence-electron chi connectivity index (χ4n) is 4.38. The molecule has 0 spiro atoms. The number of allylic oxidation sites excluding steroid dienone is 4. The molecule has 1 aromatic heterocycles. The summed E-state index contributed by atoms with van der Waals surface area (Å²) in [5.41, 5.74) is 1.52. The van der Waals surface area contributed by atoms with Crippen LogP contribution in [-0.4, -0.2) is 18.7 Å². The first-order valence-electron chi connectivity index (χ1n) is 10.2. The molecule has 0 radical (unpaired) electrons. The van der Waals surface area contributed by atoms with Crippen LogP contribution in [0.4, 0.5) is 0 Å². The largest absolute Gasteiger partial charge is 0.496 e. The Bertz CT molecular complexity index is 1180. The fraction of sp³-hybridized carbons (Fsp3) is 0.320. The minimum absolute atomic E-state index is 0.0308. The maximum atomic E-state index is 13.5. The normalized spacial score (nSPS) is 18.9. The van der Waals surface area contributed by atoms with E-state index in [9.17, 15) is 14.4 Å². The van der Waals surface area contributed by atoms with Crippen LogP contribution >= 0.6 is 0 Å². The maximum Gasteiger partial charge on any atom is 0.201 e. The van der Waals surface area contributed by atoms with Gasteiger partial charge in [-0.3, -0.25) is 14.4 Å². The molecule has 1 heterocycles. The molecule has 0 fully saturated rings. The third-order valence-corrected chi connectivity index (χ3v) is 5.97. The van der Waals surface area contributed by atoms with Gasteiger partial charge in [0.15, 0.2) is 11.2 Å². The third kappa shape index (κ3) is 2.96. The van der Waals surface area contributed by atoms with Gasteiger partial charge >= 0.3 is 0 Å². The molecule has 2 atom stereocenters. The highest BCUT2D eigenvalue weighted by Crippen LogP contribution is 2.45. The number of rotatable bonds is 4. The number of hydrogen-bond acceptors (Lipinski definition) is 5. The Labute approximate surface area is 175 Å². The summed E-state index contributed by atoms with van der Waals surface area (Å²) in [6.45, 7) is 5.80. The van der Waals surface area contributed by atoms with Crippen molar-refractivity contribution in [3.05, 3.63) is 80.4 Å². The molecule has 2 aromatic rings. The standard InChI is InChI=1S/C25H24O5/c1-5-6-8-13(2)19-12-17(26)20-14(3)11-16-22(25(20)30-19)24(28)21-15(23(16)27)9-7-10-18(21)29-4/h5-7,9-10,12-14H,8,11H2,1-4H3/b6-5-/t13-,14?/m1/s1. The molecule has 0 bridgehead atoms. The van der Waals surface area contributed by atoms with Gasteiger partial charge in [-0.1, -0.05) is 38.1 Å². The van der Waals surface area contributed by atoms with Crippen LogP contribution in [-0.2, 0) is 0 Å². The number of ether oxygens (including phenoxy) is 1. The van der Waals surface area contributed by atoms with E-state index in [-0.39, 0.29) is 45.7 Å². The van der Waals surface area contributed by atoms with Crippen molar-refractivity contribution >= 4 is 17.1 Å². The molecule has 1 aromatic carbocycles. The van der Waals surface area contributed by atoms with Gasteiger partial charge in [-0.25, -0.2) is 0 Å². The van der Waals surface area contributed by atoms with Gasteiger partial charge in [-0.05, 0) is 31.7 Å². The van der Waals surface area contributed by atoms with Gasteiger partial charge in [0.2, 0.25) is 5.78 Å². The number of hydrogen-bond donors (Lipinski definition) is 0. The van der Waals surface area contributed by atoms with Gasteiger partial charge in [0, 0.05) is 28.7 Å². The number of Topliss-reactive ketones (excluding diaryl/α,β-unsaturated/α-hetero) is 2. The lowest BCUT2D eigenvalue weighted by Gasteiger charge is -2.29.